The van der Waals surface area contributed by atoms with Crippen molar-refractivity contribution in [1.29, 1.82) is 0 Å². The van der Waals surface area contributed by atoms with Gasteiger partial charge in [-0.3, -0.25) is 9.59 Å². The van der Waals surface area contributed by atoms with Crippen LogP contribution >= 0.6 is 11.6 Å². The third-order valence-electron chi connectivity index (χ3n) is 4.95. The SMILES string of the molecule is CCCC1C(=O)N(C)CCN1C(=O)c1cccc(-c2cnc(N)c(Cl)c2)c1F. The molecule has 1 saturated heterocycles. The van der Waals surface area contributed by atoms with Crippen LogP contribution in [0.3, 0.4) is 0 Å². The third kappa shape index (κ3) is 3.67. The van der Waals surface area contributed by atoms with Crippen LogP contribution in [0.2, 0.25) is 5.02 Å². The minimum Gasteiger partial charge on any atom is -0.382 e. The first-order valence-electron chi connectivity index (χ1n) is 9.11. The fraction of sp³-hybridized carbons (Fsp3) is 0.350. The molecule has 0 radical (unpaired) electrons. The van der Waals surface area contributed by atoms with Gasteiger partial charge in [-0.2, -0.15) is 0 Å². The molecule has 2 heterocycles. The van der Waals surface area contributed by atoms with Gasteiger partial charge >= 0.3 is 0 Å². The molecule has 8 heteroatoms. The van der Waals surface area contributed by atoms with Crippen molar-refractivity contribution in [3.05, 3.63) is 46.9 Å². The van der Waals surface area contributed by atoms with Crippen molar-refractivity contribution in [3.63, 3.8) is 0 Å². The summed E-state index contributed by atoms with van der Waals surface area (Å²) in [7, 11) is 1.71. The summed E-state index contributed by atoms with van der Waals surface area (Å²) in [5.41, 5.74) is 6.16. The Kier molecular flexibility index (Phi) is 5.84. The lowest BCUT2D eigenvalue weighted by Gasteiger charge is -2.39. The molecule has 0 spiro atoms. The maximum atomic E-state index is 15.2. The number of anilines is 1. The lowest BCUT2D eigenvalue weighted by atomic mass is 10.0. The van der Waals surface area contributed by atoms with Gasteiger partial charge in [0.05, 0.1) is 10.6 Å². The molecule has 1 aromatic heterocycles. The summed E-state index contributed by atoms with van der Waals surface area (Å²) in [6.07, 6.45) is 2.69. The Morgan fingerprint density at radius 2 is 2.14 bits per heavy atom. The van der Waals surface area contributed by atoms with E-state index in [0.29, 0.717) is 25.1 Å². The van der Waals surface area contributed by atoms with E-state index in [1.165, 1.54) is 23.2 Å². The van der Waals surface area contributed by atoms with Crippen LogP contribution in [0.1, 0.15) is 30.1 Å². The molecule has 0 aliphatic carbocycles. The number of nitrogens with zero attached hydrogens (tertiary/aromatic N) is 3. The van der Waals surface area contributed by atoms with E-state index in [-0.39, 0.29) is 27.9 Å². The second-order valence-electron chi connectivity index (χ2n) is 6.82. The number of hydrogen-bond donors (Lipinski definition) is 1. The van der Waals surface area contributed by atoms with E-state index in [2.05, 4.69) is 4.98 Å². The number of amides is 2. The van der Waals surface area contributed by atoms with Gasteiger partial charge in [0.1, 0.15) is 17.7 Å². The molecule has 1 atom stereocenters. The van der Waals surface area contributed by atoms with E-state index in [9.17, 15) is 9.59 Å². The molecule has 2 N–H and O–H groups in total. The normalized spacial score (nSPS) is 17.1. The zero-order chi connectivity index (χ0) is 20.4. The van der Waals surface area contributed by atoms with Gasteiger partial charge in [-0.1, -0.05) is 37.1 Å². The Labute approximate surface area is 168 Å². The number of pyridine rings is 1. The predicted molar refractivity (Wildman–Crippen MR) is 106 cm³/mol. The summed E-state index contributed by atoms with van der Waals surface area (Å²) in [4.78, 5) is 32.7. The Morgan fingerprint density at radius 1 is 1.39 bits per heavy atom. The summed E-state index contributed by atoms with van der Waals surface area (Å²) in [6.45, 7) is 2.73. The molecular weight excluding hydrogens is 383 g/mol. The summed E-state index contributed by atoms with van der Waals surface area (Å²) in [5, 5.41) is 0.210. The van der Waals surface area contributed by atoms with Gasteiger partial charge in [-0.25, -0.2) is 9.37 Å². The molecule has 2 amide bonds. The highest BCUT2D eigenvalue weighted by molar-refractivity contribution is 6.33. The van der Waals surface area contributed by atoms with E-state index in [1.807, 2.05) is 6.92 Å². The summed E-state index contributed by atoms with van der Waals surface area (Å²) in [5.74, 6) is -1.13. The van der Waals surface area contributed by atoms with Crippen LogP contribution in [-0.4, -0.2) is 52.8 Å². The van der Waals surface area contributed by atoms with Gasteiger partial charge < -0.3 is 15.5 Å². The third-order valence-corrected chi connectivity index (χ3v) is 5.25. The Hall–Kier alpha value is -2.67. The maximum absolute atomic E-state index is 15.2. The zero-order valence-corrected chi connectivity index (χ0v) is 16.5. The molecule has 1 aliphatic heterocycles. The number of likely N-dealkylation sites (N-methyl/N-ethyl adjacent to an activating group) is 1. The quantitative estimate of drug-likeness (QED) is 0.848. The monoisotopic (exact) mass is 404 g/mol. The number of rotatable bonds is 4. The number of halogens is 2. The number of piperazine rings is 1. The van der Waals surface area contributed by atoms with Crippen molar-refractivity contribution >= 4 is 29.2 Å². The van der Waals surface area contributed by atoms with Crippen LogP contribution in [0.5, 0.6) is 0 Å². The molecule has 1 aliphatic rings. The van der Waals surface area contributed by atoms with Crippen molar-refractivity contribution < 1.29 is 14.0 Å². The van der Waals surface area contributed by atoms with Gasteiger partial charge in [-0.05, 0) is 18.6 Å². The average Bonchev–Trinajstić information content (AvgIpc) is 2.68. The summed E-state index contributed by atoms with van der Waals surface area (Å²) in [6, 6.07) is 5.51. The van der Waals surface area contributed by atoms with Gasteiger partial charge in [-0.15, -0.1) is 0 Å². The van der Waals surface area contributed by atoms with E-state index in [4.69, 9.17) is 17.3 Å². The number of carbonyl (C=O) groups is 2. The molecule has 1 aromatic carbocycles. The number of hydrogen-bond acceptors (Lipinski definition) is 4. The second kappa shape index (κ2) is 8.14. The van der Waals surface area contributed by atoms with Gasteiger partial charge in [0.15, 0.2) is 0 Å². The first-order chi connectivity index (χ1) is 13.3. The number of aromatic nitrogens is 1. The van der Waals surface area contributed by atoms with Gasteiger partial charge in [0, 0.05) is 37.5 Å². The van der Waals surface area contributed by atoms with Crippen molar-refractivity contribution in [2.75, 3.05) is 25.9 Å². The minimum absolute atomic E-state index is 0.0797. The number of nitrogen functional groups attached to an aromatic ring is 1. The maximum Gasteiger partial charge on any atom is 0.257 e. The smallest absolute Gasteiger partial charge is 0.257 e. The largest absolute Gasteiger partial charge is 0.382 e. The Bertz CT molecular complexity index is 921. The molecule has 3 rings (SSSR count). The highest BCUT2D eigenvalue weighted by Gasteiger charge is 2.36. The van der Waals surface area contributed by atoms with Crippen LogP contribution in [0, 0.1) is 5.82 Å². The number of carbonyl (C=O) groups excluding carboxylic acids is 2. The molecule has 0 bridgehead atoms. The van der Waals surface area contributed by atoms with Crippen molar-refractivity contribution in [3.8, 4) is 11.1 Å². The predicted octanol–water partition coefficient (Wildman–Crippen LogP) is 3.21. The van der Waals surface area contributed by atoms with Crippen molar-refractivity contribution in [1.82, 2.24) is 14.8 Å². The topological polar surface area (TPSA) is 79.5 Å². The van der Waals surface area contributed by atoms with Crippen molar-refractivity contribution in [2.45, 2.75) is 25.8 Å². The van der Waals surface area contributed by atoms with Crippen LogP contribution in [0.15, 0.2) is 30.5 Å². The Morgan fingerprint density at radius 3 is 2.82 bits per heavy atom. The first kappa shape index (κ1) is 20.1. The van der Waals surface area contributed by atoms with Crippen LogP contribution < -0.4 is 5.73 Å². The molecule has 2 aromatic rings. The molecule has 1 fully saturated rings. The van der Waals surface area contributed by atoms with E-state index in [1.54, 1.807) is 24.1 Å². The Balaban J connectivity index is 1.98. The summed E-state index contributed by atoms with van der Waals surface area (Å²) < 4.78 is 15.2. The number of benzene rings is 1. The lowest BCUT2D eigenvalue weighted by Crippen LogP contribution is -2.57. The second-order valence-corrected chi connectivity index (χ2v) is 7.23. The fourth-order valence-electron chi connectivity index (χ4n) is 3.38. The minimum atomic E-state index is -0.670. The zero-order valence-electron chi connectivity index (χ0n) is 15.8. The number of nitrogens with two attached hydrogens (primary N) is 1. The van der Waals surface area contributed by atoms with E-state index < -0.39 is 17.8 Å². The molecular formula is C20H22ClFN4O2. The van der Waals surface area contributed by atoms with Crippen molar-refractivity contribution in [2.24, 2.45) is 0 Å². The van der Waals surface area contributed by atoms with Gasteiger partial charge in [0.25, 0.3) is 5.91 Å². The molecule has 1 unspecified atom stereocenters. The molecule has 0 saturated carbocycles. The van der Waals surface area contributed by atoms with Gasteiger partial charge in [0.2, 0.25) is 5.91 Å². The standard InChI is InChI=1S/C20H22ClFN4O2/c1-3-5-16-20(28)25(2)8-9-26(16)19(27)14-7-4-6-13(17(14)22)12-10-15(21)18(23)24-11-12/h4,6-7,10-11,16H,3,5,8-9H2,1-2H3,(H2,23,24). The molecule has 28 heavy (non-hydrogen) atoms. The fourth-order valence-corrected chi connectivity index (χ4v) is 3.54. The summed E-state index contributed by atoms with van der Waals surface area (Å²) >= 11 is 6.00. The highest BCUT2D eigenvalue weighted by Crippen LogP contribution is 2.29. The van der Waals surface area contributed by atoms with Crippen LogP contribution in [0.4, 0.5) is 10.2 Å². The molecule has 6 nitrogen and oxygen atoms in total. The van der Waals surface area contributed by atoms with E-state index in [0.717, 1.165) is 6.42 Å². The van der Waals surface area contributed by atoms with Crippen LogP contribution in [-0.2, 0) is 4.79 Å². The van der Waals surface area contributed by atoms with E-state index >= 15 is 4.39 Å². The highest BCUT2D eigenvalue weighted by atomic mass is 35.5. The molecule has 148 valence electrons. The lowest BCUT2D eigenvalue weighted by molar-refractivity contribution is -0.138. The first-order valence-corrected chi connectivity index (χ1v) is 9.48. The van der Waals surface area contributed by atoms with Crippen LogP contribution in [0.25, 0.3) is 11.1 Å². The average molecular weight is 405 g/mol.